The van der Waals surface area contributed by atoms with Gasteiger partial charge in [0.15, 0.2) is 0 Å². The molecule has 0 spiro atoms. The van der Waals surface area contributed by atoms with Crippen molar-refractivity contribution < 1.29 is 4.79 Å². The summed E-state index contributed by atoms with van der Waals surface area (Å²) in [4.78, 5) is 16.3. The summed E-state index contributed by atoms with van der Waals surface area (Å²) in [5.41, 5.74) is 6.16. The lowest BCUT2D eigenvalue weighted by Crippen LogP contribution is -2.40. The van der Waals surface area contributed by atoms with Crippen molar-refractivity contribution >= 4 is 27.5 Å². The zero-order valence-corrected chi connectivity index (χ0v) is 11.2. The number of nitrogens with two attached hydrogens (primary N) is 1. The number of pyridine rings is 1. The number of carbonyl (C=O) groups is 1. The fourth-order valence-electron chi connectivity index (χ4n) is 2.31. The van der Waals surface area contributed by atoms with Crippen molar-refractivity contribution in [1.29, 1.82) is 0 Å². The van der Waals surface area contributed by atoms with E-state index in [-0.39, 0.29) is 11.3 Å². The third-order valence-electron chi connectivity index (χ3n) is 3.45. The van der Waals surface area contributed by atoms with Crippen molar-refractivity contribution in [1.82, 2.24) is 4.98 Å². The van der Waals surface area contributed by atoms with E-state index in [1.54, 1.807) is 18.5 Å². The van der Waals surface area contributed by atoms with Crippen LogP contribution in [-0.2, 0) is 4.79 Å². The number of nitrogens with zero attached hydrogens (tertiary/aromatic N) is 1. The molecule has 1 saturated carbocycles. The second kappa shape index (κ2) is 5.14. The molecule has 92 valence electrons. The summed E-state index contributed by atoms with van der Waals surface area (Å²) in [6.07, 6.45) is 7.27. The summed E-state index contributed by atoms with van der Waals surface area (Å²) < 4.78 is 0.790. The quantitative estimate of drug-likeness (QED) is 0.899. The molecule has 1 heterocycles. The maximum Gasteiger partial charge on any atom is 0.231 e. The average Bonchev–Trinajstić information content (AvgIpc) is 2.82. The van der Waals surface area contributed by atoms with Crippen molar-refractivity contribution in [3.63, 3.8) is 0 Å². The molecule has 1 amide bonds. The molecule has 5 heteroatoms. The van der Waals surface area contributed by atoms with Crippen LogP contribution in [0.2, 0.25) is 0 Å². The van der Waals surface area contributed by atoms with Crippen LogP contribution in [-0.4, -0.2) is 17.4 Å². The van der Waals surface area contributed by atoms with Gasteiger partial charge in [-0.05, 0) is 34.8 Å². The average molecular weight is 298 g/mol. The molecular formula is C12H16BrN3O. The van der Waals surface area contributed by atoms with E-state index >= 15 is 0 Å². The van der Waals surface area contributed by atoms with Crippen molar-refractivity contribution in [2.45, 2.75) is 25.7 Å². The summed E-state index contributed by atoms with van der Waals surface area (Å²) in [5, 5.41) is 2.94. The van der Waals surface area contributed by atoms with Crippen molar-refractivity contribution in [2.75, 3.05) is 11.9 Å². The van der Waals surface area contributed by atoms with E-state index in [1.165, 1.54) is 0 Å². The molecular weight excluding hydrogens is 282 g/mol. The molecule has 2 rings (SSSR count). The number of halogens is 1. The Morgan fingerprint density at radius 1 is 1.53 bits per heavy atom. The van der Waals surface area contributed by atoms with E-state index in [9.17, 15) is 4.79 Å². The number of rotatable bonds is 3. The fourth-order valence-corrected chi connectivity index (χ4v) is 2.66. The topological polar surface area (TPSA) is 68.0 Å². The summed E-state index contributed by atoms with van der Waals surface area (Å²) in [5.74, 6) is 0.0319. The Labute approximate surface area is 109 Å². The second-order valence-corrected chi connectivity index (χ2v) is 5.36. The van der Waals surface area contributed by atoms with E-state index < -0.39 is 0 Å². The summed E-state index contributed by atoms with van der Waals surface area (Å²) in [6, 6.07) is 1.78. The van der Waals surface area contributed by atoms with Crippen LogP contribution in [0.15, 0.2) is 22.9 Å². The Morgan fingerprint density at radius 3 is 2.82 bits per heavy atom. The molecule has 3 N–H and O–H groups in total. The van der Waals surface area contributed by atoms with Crippen LogP contribution >= 0.6 is 15.9 Å². The number of anilines is 1. The predicted octanol–water partition coefficient (Wildman–Crippen LogP) is 2.30. The fraction of sp³-hybridized carbons (Fsp3) is 0.500. The van der Waals surface area contributed by atoms with Gasteiger partial charge in [0.2, 0.25) is 5.91 Å². The van der Waals surface area contributed by atoms with E-state index in [4.69, 9.17) is 5.73 Å². The van der Waals surface area contributed by atoms with E-state index in [2.05, 4.69) is 26.2 Å². The first-order chi connectivity index (χ1) is 8.18. The number of carbonyl (C=O) groups excluding carboxylic acids is 1. The highest BCUT2D eigenvalue weighted by Crippen LogP contribution is 2.38. The number of amides is 1. The van der Waals surface area contributed by atoms with Gasteiger partial charge in [-0.15, -0.1) is 0 Å². The molecule has 0 unspecified atom stereocenters. The Bertz CT molecular complexity index is 416. The SMILES string of the molecule is NCC1(C(=O)Nc2ccncc2Br)CCCC1. The van der Waals surface area contributed by atoms with Crippen LogP contribution in [0.3, 0.4) is 0 Å². The lowest BCUT2D eigenvalue weighted by atomic mass is 9.85. The largest absolute Gasteiger partial charge is 0.329 e. The highest BCUT2D eigenvalue weighted by atomic mass is 79.9. The Kier molecular flexibility index (Phi) is 3.79. The van der Waals surface area contributed by atoms with Gasteiger partial charge in [0.1, 0.15) is 0 Å². The van der Waals surface area contributed by atoms with Gasteiger partial charge in [-0.25, -0.2) is 0 Å². The normalized spacial score (nSPS) is 18.0. The Balaban J connectivity index is 2.14. The first-order valence-corrected chi connectivity index (χ1v) is 6.58. The molecule has 0 aliphatic heterocycles. The van der Waals surface area contributed by atoms with Crippen LogP contribution in [0.5, 0.6) is 0 Å². The monoisotopic (exact) mass is 297 g/mol. The highest BCUT2D eigenvalue weighted by molar-refractivity contribution is 9.10. The maximum atomic E-state index is 12.3. The van der Waals surface area contributed by atoms with Gasteiger partial charge < -0.3 is 11.1 Å². The molecule has 0 bridgehead atoms. The maximum absolute atomic E-state index is 12.3. The highest BCUT2D eigenvalue weighted by Gasteiger charge is 2.39. The predicted molar refractivity (Wildman–Crippen MR) is 70.5 cm³/mol. The van der Waals surface area contributed by atoms with E-state index in [0.717, 1.165) is 35.8 Å². The van der Waals surface area contributed by atoms with Gasteiger partial charge in [0.25, 0.3) is 0 Å². The molecule has 0 atom stereocenters. The van der Waals surface area contributed by atoms with Gasteiger partial charge in [0.05, 0.1) is 15.6 Å². The molecule has 1 aromatic heterocycles. The smallest absolute Gasteiger partial charge is 0.231 e. The molecule has 1 fully saturated rings. The van der Waals surface area contributed by atoms with Gasteiger partial charge in [-0.3, -0.25) is 9.78 Å². The zero-order chi connectivity index (χ0) is 12.3. The lowest BCUT2D eigenvalue weighted by molar-refractivity contribution is -0.124. The van der Waals surface area contributed by atoms with Crippen LogP contribution in [0, 0.1) is 5.41 Å². The molecule has 4 nitrogen and oxygen atoms in total. The van der Waals surface area contributed by atoms with Crippen LogP contribution < -0.4 is 11.1 Å². The third-order valence-corrected chi connectivity index (χ3v) is 4.09. The van der Waals surface area contributed by atoms with Crippen LogP contribution in [0.1, 0.15) is 25.7 Å². The van der Waals surface area contributed by atoms with Gasteiger partial charge in [-0.2, -0.15) is 0 Å². The molecule has 0 saturated heterocycles. The minimum Gasteiger partial charge on any atom is -0.329 e. The van der Waals surface area contributed by atoms with Crippen molar-refractivity contribution in [2.24, 2.45) is 11.1 Å². The van der Waals surface area contributed by atoms with E-state index in [0.29, 0.717) is 6.54 Å². The second-order valence-electron chi connectivity index (χ2n) is 4.50. The van der Waals surface area contributed by atoms with Crippen LogP contribution in [0.25, 0.3) is 0 Å². The minimum absolute atomic E-state index is 0.0319. The van der Waals surface area contributed by atoms with Crippen molar-refractivity contribution in [3.8, 4) is 0 Å². The van der Waals surface area contributed by atoms with Gasteiger partial charge in [-0.1, -0.05) is 12.8 Å². The Morgan fingerprint density at radius 2 is 2.24 bits per heavy atom. The number of nitrogens with one attached hydrogen (secondary N) is 1. The number of aromatic nitrogens is 1. The number of hydrogen-bond donors (Lipinski definition) is 2. The number of hydrogen-bond acceptors (Lipinski definition) is 3. The first kappa shape index (κ1) is 12.5. The van der Waals surface area contributed by atoms with Gasteiger partial charge >= 0.3 is 0 Å². The standard InChI is InChI=1S/C12H16BrN3O/c13-9-7-15-6-3-10(9)16-11(17)12(8-14)4-1-2-5-12/h3,6-7H,1-2,4-5,8,14H2,(H,15,16,17). The molecule has 1 aliphatic rings. The summed E-state index contributed by atoms with van der Waals surface area (Å²) in [6.45, 7) is 0.418. The summed E-state index contributed by atoms with van der Waals surface area (Å²) >= 11 is 3.36. The van der Waals surface area contributed by atoms with Crippen molar-refractivity contribution in [3.05, 3.63) is 22.9 Å². The molecule has 1 aliphatic carbocycles. The zero-order valence-electron chi connectivity index (χ0n) is 9.58. The summed E-state index contributed by atoms with van der Waals surface area (Å²) in [7, 11) is 0. The van der Waals surface area contributed by atoms with Gasteiger partial charge in [0, 0.05) is 18.9 Å². The molecule has 0 aromatic carbocycles. The Hall–Kier alpha value is -0.940. The molecule has 1 aromatic rings. The first-order valence-electron chi connectivity index (χ1n) is 5.79. The lowest BCUT2D eigenvalue weighted by Gasteiger charge is -2.25. The molecule has 0 radical (unpaired) electrons. The minimum atomic E-state index is -0.372. The molecule has 17 heavy (non-hydrogen) atoms. The van der Waals surface area contributed by atoms with Crippen LogP contribution in [0.4, 0.5) is 5.69 Å². The third kappa shape index (κ3) is 2.50. The van der Waals surface area contributed by atoms with E-state index in [1.807, 2.05) is 0 Å².